The highest BCUT2D eigenvalue weighted by Gasteiger charge is 2.23. The summed E-state index contributed by atoms with van der Waals surface area (Å²) in [5.41, 5.74) is 1.20. The van der Waals surface area contributed by atoms with Crippen molar-refractivity contribution in [3.63, 3.8) is 0 Å². The minimum Gasteiger partial charge on any atom is -0.309 e. The van der Waals surface area contributed by atoms with Crippen LogP contribution in [0.4, 0.5) is 17.5 Å². The fourth-order valence-corrected chi connectivity index (χ4v) is 3.95. The van der Waals surface area contributed by atoms with E-state index in [9.17, 15) is 14.9 Å². The van der Waals surface area contributed by atoms with Gasteiger partial charge in [0.25, 0.3) is 11.2 Å². The Kier molecular flexibility index (Phi) is 4.80. The zero-order valence-electron chi connectivity index (χ0n) is 15.1. The lowest BCUT2D eigenvalue weighted by molar-refractivity contribution is -0.385. The molecule has 3 aromatic heterocycles. The minimum absolute atomic E-state index is 0.0880. The molecule has 3 heterocycles. The highest BCUT2D eigenvalue weighted by molar-refractivity contribution is 9.10. The van der Waals surface area contributed by atoms with E-state index in [1.807, 2.05) is 6.92 Å². The van der Waals surface area contributed by atoms with Crippen molar-refractivity contribution in [3.05, 3.63) is 55.0 Å². The third-order valence-electron chi connectivity index (χ3n) is 5.03. The molecule has 3 aromatic rings. The van der Waals surface area contributed by atoms with Gasteiger partial charge in [0.2, 0.25) is 5.95 Å². The lowest BCUT2D eigenvalue weighted by atomic mass is 10.1. The fourth-order valence-electron chi connectivity index (χ4n) is 3.55. The Morgan fingerprint density at radius 2 is 2.00 bits per heavy atom. The second-order valence-corrected chi connectivity index (χ2v) is 7.56. The Balaban J connectivity index is 1.79. The largest absolute Gasteiger partial charge is 0.309 e. The molecule has 1 aliphatic rings. The molecule has 0 aromatic carbocycles. The molecule has 0 spiro atoms. The molecular weight excluding hydrogens is 428 g/mol. The van der Waals surface area contributed by atoms with Crippen molar-refractivity contribution in [1.29, 1.82) is 0 Å². The Hall–Kier alpha value is -2.88. The molecule has 1 aliphatic carbocycles. The van der Waals surface area contributed by atoms with Crippen LogP contribution in [-0.4, -0.2) is 24.4 Å². The Labute approximate surface area is 168 Å². The molecule has 1 saturated carbocycles. The standard InChI is InChI=1S/C18H17BrN6O3/c1-10-13-9-21-18(22-14-7-6-12(8-20-14)25(27)28)23-16(13)24(17(26)15(10)19)11-4-2-3-5-11/h6-9,11H,2-5H2,1H3,(H,20,21,22,23). The summed E-state index contributed by atoms with van der Waals surface area (Å²) >= 11 is 3.42. The van der Waals surface area contributed by atoms with Crippen LogP contribution in [0.1, 0.15) is 37.3 Å². The summed E-state index contributed by atoms with van der Waals surface area (Å²) in [6.45, 7) is 1.86. The van der Waals surface area contributed by atoms with Crippen molar-refractivity contribution in [2.75, 3.05) is 5.32 Å². The number of aromatic nitrogens is 4. The van der Waals surface area contributed by atoms with Crippen LogP contribution >= 0.6 is 15.9 Å². The van der Waals surface area contributed by atoms with E-state index in [0.29, 0.717) is 15.9 Å². The average Bonchev–Trinajstić information content (AvgIpc) is 3.21. The summed E-state index contributed by atoms with van der Waals surface area (Å²) in [6, 6.07) is 2.96. The van der Waals surface area contributed by atoms with Crippen molar-refractivity contribution in [2.45, 2.75) is 38.6 Å². The number of nitrogens with zero attached hydrogens (tertiary/aromatic N) is 5. The molecule has 144 valence electrons. The zero-order chi connectivity index (χ0) is 19.8. The molecule has 1 fully saturated rings. The number of rotatable bonds is 4. The lowest BCUT2D eigenvalue weighted by Crippen LogP contribution is -2.26. The molecule has 0 amide bonds. The van der Waals surface area contributed by atoms with Crippen LogP contribution in [0.2, 0.25) is 0 Å². The summed E-state index contributed by atoms with van der Waals surface area (Å²) in [5.74, 6) is 0.662. The number of fused-ring (bicyclic) bond motifs is 1. The van der Waals surface area contributed by atoms with Crippen molar-refractivity contribution >= 4 is 44.4 Å². The Bertz CT molecular complexity index is 1120. The molecule has 0 unspecified atom stereocenters. The van der Waals surface area contributed by atoms with E-state index in [-0.39, 0.29) is 23.2 Å². The Morgan fingerprint density at radius 3 is 2.64 bits per heavy atom. The van der Waals surface area contributed by atoms with Gasteiger partial charge in [-0.25, -0.2) is 9.97 Å². The second kappa shape index (κ2) is 7.27. The molecule has 0 aliphatic heterocycles. The smallest absolute Gasteiger partial charge is 0.287 e. The average molecular weight is 445 g/mol. The number of nitrogens with one attached hydrogen (secondary N) is 1. The van der Waals surface area contributed by atoms with Crippen LogP contribution < -0.4 is 10.9 Å². The van der Waals surface area contributed by atoms with Crippen LogP contribution in [0, 0.1) is 17.0 Å². The molecule has 0 saturated heterocycles. The SMILES string of the molecule is Cc1c(Br)c(=O)n(C2CCCC2)c2nc(Nc3ccc([N+](=O)[O-])cn3)ncc12. The van der Waals surface area contributed by atoms with Gasteiger partial charge < -0.3 is 5.32 Å². The van der Waals surface area contributed by atoms with Gasteiger partial charge in [0.15, 0.2) is 0 Å². The van der Waals surface area contributed by atoms with Gasteiger partial charge in [0.05, 0.1) is 9.40 Å². The van der Waals surface area contributed by atoms with Crippen LogP contribution in [0.15, 0.2) is 33.8 Å². The summed E-state index contributed by atoms with van der Waals surface area (Å²) in [6.07, 6.45) is 6.92. The maximum atomic E-state index is 12.9. The maximum Gasteiger partial charge on any atom is 0.287 e. The van der Waals surface area contributed by atoms with Gasteiger partial charge in [-0.1, -0.05) is 12.8 Å². The Morgan fingerprint density at radius 1 is 1.25 bits per heavy atom. The first-order valence-electron chi connectivity index (χ1n) is 8.90. The molecule has 4 rings (SSSR count). The van der Waals surface area contributed by atoms with E-state index >= 15 is 0 Å². The van der Waals surface area contributed by atoms with Crippen LogP contribution in [0.25, 0.3) is 11.0 Å². The van der Waals surface area contributed by atoms with E-state index in [1.54, 1.807) is 10.8 Å². The van der Waals surface area contributed by atoms with Gasteiger partial charge in [-0.3, -0.25) is 19.5 Å². The highest BCUT2D eigenvalue weighted by atomic mass is 79.9. The summed E-state index contributed by atoms with van der Waals surface area (Å²) in [5, 5.41) is 14.5. The monoisotopic (exact) mass is 444 g/mol. The molecule has 1 N–H and O–H groups in total. The topological polar surface area (TPSA) is 116 Å². The van der Waals surface area contributed by atoms with E-state index < -0.39 is 4.92 Å². The van der Waals surface area contributed by atoms with Crippen molar-refractivity contribution in [1.82, 2.24) is 19.5 Å². The number of hydrogen-bond acceptors (Lipinski definition) is 7. The van der Waals surface area contributed by atoms with Gasteiger partial charge in [-0.15, -0.1) is 0 Å². The number of nitro groups is 1. The highest BCUT2D eigenvalue weighted by Crippen LogP contribution is 2.32. The zero-order valence-corrected chi connectivity index (χ0v) is 16.6. The summed E-state index contributed by atoms with van der Waals surface area (Å²) in [4.78, 5) is 36.1. The molecule has 28 heavy (non-hydrogen) atoms. The molecule has 0 atom stereocenters. The van der Waals surface area contributed by atoms with Gasteiger partial charge in [-0.2, -0.15) is 4.98 Å². The molecule has 10 heteroatoms. The normalized spacial score (nSPS) is 14.5. The number of halogens is 1. The van der Waals surface area contributed by atoms with Crippen LogP contribution in [0.5, 0.6) is 0 Å². The van der Waals surface area contributed by atoms with E-state index in [0.717, 1.165) is 36.6 Å². The van der Waals surface area contributed by atoms with Crippen molar-refractivity contribution < 1.29 is 4.92 Å². The molecule has 0 radical (unpaired) electrons. The second-order valence-electron chi connectivity index (χ2n) is 6.77. The first kappa shape index (κ1) is 18.5. The number of pyridine rings is 2. The minimum atomic E-state index is -0.510. The number of hydrogen-bond donors (Lipinski definition) is 1. The summed E-state index contributed by atoms with van der Waals surface area (Å²) in [7, 11) is 0. The molecule has 0 bridgehead atoms. The van der Waals surface area contributed by atoms with Gasteiger partial charge in [-0.05, 0) is 47.3 Å². The third kappa shape index (κ3) is 3.24. The first-order valence-corrected chi connectivity index (χ1v) is 9.70. The van der Waals surface area contributed by atoms with E-state index in [1.165, 1.54) is 18.3 Å². The maximum absolute atomic E-state index is 12.9. The lowest BCUT2D eigenvalue weighted by Gasteiger charge is -2.18. The number of aryl methyl sites for hydroxylation is 1. The predicted octanol–water partition coefficient (Wildman–Crippen LogP) is 4.02. The van der Waals surface area contributed by atoms with Crippen LogP contribution in [-0.2, 0) is 0 Å². The van der Waals surface area contributed by atoms with E-state index in [2.05, 4.69) is 36.2 Å². The van der Waals surface area contributed by atoms with Crippen LogP contribution in [0.3, 0.4) is 0 Å². The molecular formula is C18H17BrN6O3. The first-order chi connectivity index (χ1) is 13.5. The van der Waals surface area contributed by atoms with Gasteiger partial charge >= 0.3 is 0 Å². The van der Waals surface area contributed by atoms with E-state index in [4.69, 9.17) is 0 Å². The van der Waals surface area contributed by atoms with Crippen molar-refractivity contribution in [2.24, 2.45) is 0 Å². The van der Waals surface area contributed by atoms with Gasteiger partial charge in [0.1, 0.15) is 17.7 Å². The van der Waals surface area contributed by atoms with Crippen molar-refractivity contribution in [3.8, 4) is 0 Å². The predicted molar refractivity (Wildman–Crippen MR) is 108 cm³/mol. The molecule has 9 nitrogen and oxygen atoms in total. The number of anilines is 2. The fraction of sp³-hybridized carbons (Fsp3) is 0.333. The quantitative estimate of drug-likeness (QED) is 0.476. The van der Waals surface area contributed by atoms with Gasteiger partial charge in [0, 0.05) is 23.7 Å². The summed E-state index contributed by atoms with van der Waals surface area (Å²) < 4.78 is 2.29. The third-order valence-corrected chi connectivity index (χ3v) is 5.96.